The molecule has 0 bridgehead atoms. The van der Waals surface area contributed by atoms with Crippen LogP contribution in [0.2, 0.25) is 0 Å². The Morgan fingerprint density at radius 3 is 3.00 bits per heavy atom. The quantitative estimate of drug-likeness (QED) is 0.752. The Morgan fingerprint density at radius 2 is 2.40 bits per heavy atom. The van der Waals surface area contributed by atoms with Gasteiger partial charge in [-0.1, -0.05) is 0 Å². The predicted molar refractivity (Wildman–Crippen MR) is 51.0 cm³/mol. The zero-order valence-electron chi connectivity index (χ0n) is 8.23. The molecule has 1 unspecified atom stereocenters. The van der Waals surface area contributed by atoms with Gasteiger partial charge < -0.3 is 14.9 Å². The monoisotopic (exact) mass is 209 g/mol. The first kappa shape index (κ1) is 9.92. The first-order valence-electron chi connectivity index (χ1n) is 4.67. The molecule has 80 valence electrons. The van der Waals surface area contributed by atoms with E-state index in [1.54, 1.807) is 6.92 Å². The largest absolute Gasteiger partial charge is 0.492 e. The fourth-order valence-electron chi connectivity index (χ4n) is 1.72. The summed E-state index contributed by atoms with van der Waals surface area (Å²) in [5.41, 5.74) is 1.28. The number of aromatic carboxylic acids is 1. The second-order valence-electron chi connectivity index (χ2n) is 3.44. The number of ether oxygens (including phenoxy) is 1. The van der Waals surface area contributed by atoms with Crippen LogP contribution in [0.3, 0.4) is 0 Å². The van der Waals surface area contributed by atoms with Crippen molar-refractivity contribution in [1.29, 1.82) is 0 Å². The minimum atomic E-state index is -1.06. The molecular formula is C10H11NO4. The van der Waals surface area contributed by atoms with Gasteiger partial charge in [0.2, 0.25) is 0 Å². The van der Waals surface area contributed by atoms with Gasteiger partial charge in [0, 0.05) is 18.2 Å². The van der Waals surface area contributed by atoms with Crippen molar-refractivity contribution < 1.29 is 19.7 Å². The Balaban J connectivity index is 2.58. The summed E-state index contributed by atoms with van der Waals surface area (Å²) in [4.78, 5) is 14.8. The lowest BCUT2D eigenvalue weighted by Gasteiger charge is -2.10. The van der Waals surface area contributed by atoms with Gasteiger partial charge in [0.05, 0.1) is 18.4 Å². The van der Waals surface area contributed by atoms with E-state index in [-0.39, 0.29) is 5.56 Å². The van der Waals surface area contributed by atoms with Crippen LogP contribution in [0.5, 0.6) is 5.75 Å². The van der Waals surface area contributed by atoms with Crippen molar-refractivity contribution in [1.82, 2.24) is 4.98 Å². The topological polar surface area (TPSA) is 79.7 Å². The summed E-state index contributed by atoms with van der Waals surface area (Å²) in [6, 6.07) is 0. The number of carboxylic acid groups (broad SMARTS) is 1. The van der Waals surface area contributed by atoms with Gasteiger partial charge in [-0.3, -0.25) is 4.98 Å². The molecule has 0 aliphatic carbocycles. The summed E-state index contributed by atoms with van der Waals surface area (Å²) < 4.78 is 5.25. The smallest absolute Gasteiger partial charge is 0.341 e. The molecular weight excluding hydrogens is 198 g/mol. The van der Waals surface area contributed by atoms with Crippen molar-refractivity contribution in [2.75, 3.05) is 6.61 Å². The fourth-order valence-corrected chi connectivity index (χ4v) is 1.72. The van der Waals surface area contributed by atoms with Crippen LogP contribution >= 0.6 is 0 Å². The number of aromatic nitrogens is 1. The molecule has 0 fully saturated rings. The Hall–Kier alpha value is -1.62. The standard InChI is InChI=1S/C10H11NO4/c1-5(12)8-6-2-3-15-9(6)7(4-11-8)10(13)14/h4-5,12H,2-3H2,1H3,(H,13,14). The van der Waals surface area contributed by atoms with E-state index in [0.29, 0.717) is 30.0 Å². The molecule has 5 heteroatoms. The molecule has 1 aliphatic rings. The summed E-state index contributed by atoms with van der Waals surface area (Å²) >= 11 is 0. The van der Waals surface area contributed by atoms with Gasteiger partial charge in [-0.25, -0.2) is 4.79 Å². The van der Waals surface area contributed by atoms with Crippen LogP contribution < -0.4 is 4.74 Å². The maximum Gasteiger partial charge on any atom is 0.341 e. The molecule has 5 nitrogen and oxygen atoms in total. The Kier molecular flexibility index (Phi) is 2.32. The Morgan fingerprint density at radius 1 is 1.67 bits per heavy atom. The van der Waals surface area contributed by atoms with Crippen LogP contribution in [0.1, 0.15) is 34.6 Å². The zero-order chi connectivity index (χ0) is 11.0. The van der Waals surface area contributed by atoms with Gasteiger partial charge in [-0.2, -0.15) is 0 Å². The number of pyridine rings is 1. The lowest BCUT2D eigenvalue weighted by Crippen LogP contribution is -2.05. The highest BCUT2D eigenvalue weighted by atomic mass is 16.5. The van der Waals surface area contributed by atoms with E-state index in [4.69, 9.17) is 9.84 Å². The van der Waals surface area contributed by atoms with Gasteiger partial charge in [0.25, 0.3) is 0 Å². The molecule has 0 aromatic carbocycles. The second kappa shape index (κ2) is 3.51. The van der Waals surface area contributed by atoms with Crippen LogP contribution in [-0.4, -0.2) is 27.8 Å². The van der Waals surface area contributed by atoms with Crippen LogP contribution in [0, 0.1) is 0 Å². The number of carbonyl (C=O) groups is 1. The van der Waals surface area contributed by atoms with E-state index in [1.807, 2.05) is 0 Å². The van der Waals surface area contributed by atoms with Crippen LogP contribution in [-0.2, 0) is 6.42 Å². The van der Waals surface area contributed by atoms with Crippen molar-refractivity contribution in [2.24, 2.45) is 0 Å². The molecule has 1 aliphatic heterocycles. The third-order valence-corrected chi connectivity index (χ3v) is 2.39. The maximum absolute atomic E-state index is 10.9. The SMILES string of the molecule is CC(O)c1ncc(C(=O)O)c2c1CCO2. The summed E-state index contributed by atoms with van der Waals surface area (Å²) in [6.45, 7) is 2.04. The Labute approximate surface area is 86.3 Å². The maximum atomic E-state index is 10.9. The highest BCUT2D eigenvalue weighted by Gasteiger charge is 2.25. The minimum absolute atomic E-state index is 0.0619. The highest BCUT2D eigenvalue weighted by molar-refractivity contribution is 5.91. The van der Waals surface area contributed by atoms with Gasteiger partial charge in [-0.15, -0.1) is 0 Å². The normalized spacial score (nSPS) is 15.6. The van der Waals surface area contributed by atoms with Gasteiger partial charge in [-0.05, 0) is 6.92 Å². The van der Waals surface area contributed by atoms with E-state index in [2.05, 4.69) is 4.98 Å². The van der Waals surface area contributed by atoms with Crippen LogP contribution in [0.15, 0.2) is 6.20 Å². The van der Waals surface area contributed by atoms with E-state index in [9.17, 15) is 9.90 Å². The van der Waals surface area contributed by atoms with Crippen molar-refractivity contribution in [3.8, 4) is 5.75 Å². The molecule has 0 spiro atoms. The molecule has 2 heterocycles. The van der Waals surface area contributed by atoms with Crippen LogP contribution in [0.4, 0.5) is 0 Å². The number of hydrogen-bond acceptors (Lipinski definition) is 4. The average molecular weight is 209 g/mol. The number of aliphatic hydroxyl groups is 1. The lowest BCUT2D eigenvalue weighted by molar-refractivity contribution is 0.0692. The zero-order valence-corrected chi connectivity index (χ0v) is 8.23. The second-order valence-corrected chi connectivity index (χ2v) is 3.44. The first-order valence-corrected chi connectivity index (χ1v) is 4.67. The van der Waals surface area contributed by atoms with E-state index >= 15 is 0 Å². The summed E-state index contributed by atoms with van der Waals surface area (Å²) in [7, 11) is 0. The molecule has 2 N–H and O–H groups in total. The molecule has 15 heavy (non-hydrogen) atoms. The molecule has 0 amide bonds. The molecule has 1 aromatic heterocycles. The van der Waals surface area contributed by atoms with E-state index in [0.717, 1.165) is 0 Å². The summed E-state index contributed by atoms with van der Waals surface area (Å²) in [5.74, 6) is -0.703. The Bertz CT molecular complexity index is 414. The van der Waals surface area contributed by atoms with Crippen molar-refractivity contribution in [3.05, 3.63) is 23.0 Å². The molecule has 0 radical (unpaired) electrons. The molecule has 1 aromatic rings. The lowest BCUT2D eigenvalue weighted by atomic mass is 10.0. The number of fused-ring (bicyclic) bond motifs is 1. The molecule has 1 atom stereocenters. The highest BCUT2D eigenvalue weighted by Crippen LogP contribution is 2.33. The average Bonchev–Trinajstić information content (AvgIpc) is 2.63. The molecule has 2 rings (SSSR count). The molecule has 0 saturated carbocycles. The summed E-state index contributed by atoms with van der Waals surface area (Å²) in [5, 5.41) is 18.3. The van der Waals surface area contributed by atoms with Gasteiger partial charge in [0.1, 0.15) is 11.3 Å². The van der Waals surface area contributed by atoms with Gasteiger partial charge in [0.15, 0.2) is 0 Å². The van der Waals surface area contributed by atoms with Crippen molar-refractivity contribution >= 4 is 5.97 Å². The number of hydrogen-bond donors (Lipinski definition) is 2. The van der Waals surface area contributed by atoms with Crippen molar-refractivity contribution in [3.63, 3.8) is 0 Å². The minimum Gasteiger partial charge on any atom is -0.492 e. The van der Waals surface area contributed by atoms with E-state index in [1.165, 1.54) is 6.20 Å². The van der Waals surface area contributed by atoms with Crippen molar-refractivity contribution in [2.45, 2.75) is 19.4 Å². The van der Waals surface area contributed by atoms with Crippen LogP contribution in [0.25, 0.3) is 0 Å². The summed E-state index contributed by atoms with van der Waals surface area (Å²) in [6.07, 6.45) is 1.13. The first-order chi connectivity index (χ1) is 7.11. The third-order valence-electron chi connectivity index (χ3n) is 2.39. The number of nitrogens with zero attached hydrogens (tertiary/aromatic N) is 1. The molecule has 0 saturated heterocycles. The number of carboxylic acids is 1. The van der Waals surface area contributed by atoms with E-state index < -0.39 is 12.1 Å². The third kappa shape index (κ3) is 1.55. The predicted octanol–water partition coefficient (Wildman–Crippen LogP) is 0.768. The number of rotatable bonds is 2. The fraction of sp³-hybridized carbons (Fsp3) is 0.400. The number of aliphatic hydroxyl groups excluding tert-OH is 1. The van der Waals surface area contributed by atoms with Gasteiger partial charge >= 0.3 is 5.97 Å².